The minimum Gasteiger partial charge on any atom is -0.350 e. The molecule has 6 nitrogen and oxygen atoms in total. The topological polar surface area (TPSA) is 78.1 Å². The molecule has 28 heavy (non-hydrogen) atoms. The Balaban J connectivity index is 1.48. The minimum atomic E-state index is -4.39. The lowest BCUT2D eigenvalue weighted by Gasteiger charge is -2.33. The molecular formula is C19H19F3N4O2. The van der Waals surface area contributed by atoms with Gasteiger partial charge in [0.15, 0.2) is 5.69 Å². The van der Waals surface area contributed by atoms with Crippen LogP contribution >= 0.6 is 0 Å². The number of aromatic nitrogens is 2. The fraction of sp³-hybridized carbons (Fsp3) is 0.421. The van der Waals surface area contributed by atoms with Crippen molar-refractivity contribution in [1.29, 1.82) is 0 Å². The van der Waals surface area contributed by atoms with Crippen molar-refractivity contribution in [2.75, 3.05) is 13.1 Å². The van der Waals surface area contributed by atoms with Gasteiger partial charge >= 0.3 is 6.18 Å². The molecule has 0 bridgehead atoms. The largest absolute Gasteiger partial charge is 0.416 e. The fourth-order valence-electron chi connectivity index (χ4n) is 3.98. The first kappa shape index (κ1) is 18.5. The number of alkyl halides is 3. The van der Waals surface area contributed by atoms with Gasteiger partial charge in [0.2, 0.25) is 5.91 Å². The number of carbonyl (C=O) groups is 2. The van der Waals surface area contributed by atoms with Crippen molar-refractivity contribution < 1.29 is 22.8 Å². The highest BCUT2D eigenvalue weighted by molar-refractivity contribution is 5.96. The van der Waals surface area contributed by atoms with Gasteiger partial charge in [0.1, 0.15) is 0 Å². The number of rotatable bonds is 2. The molecule has 0 unspecified atom stereocenters. The van der Waals surface area contributed by atoms with Crippen molar-refractivity contribution in [3.63, 3.8) is 0 Å². The average Bonchev–Trinajstić information content (AvgIpc) is 3.10. The third-order valence-corrected chi connectivity index (χ3v) is 5.44. The molecule has 1 aromatic carbocycles. The summed E-state index contributed by atoms with van der Waals surface area (Å²) < 4.78 is 39.8. The van der Waals surface area contributed by atoms with Gasteiger partial charge < -0.3 is 10.2 Å². The molecular weight excluding hydrogens is 373 g/mol. The van der Waals surface area contributed by atoms with Crippen LogP contribution < -0.4 is 5.32 Å². The Labute approximate surface area is 159 Å². The van der Waals surface area contributed by atoms with Gasteiger partial charge in [0.25, 0.3) is 5.91 Å². The number of fused-ring (bicyclic) bond motifs is 1. The molecule has 0 saturated carbocycles. The van der Waals surface area contributed by atoms with Gasteiger partial charge in [-0.2, -0.15) is 18.3 Å². The van der Waals surface area contributed by atoms with E-state index >= 15 is 0 Å². The molecule has 9 heteroatoms. The van der Waals surface area contributed by atoms with Gasteiger partial charge in [0, 0.05) is 18.7 Å². The number of carbonyl (C=O) groups excluding carboxylic acids is 2. The van der Waals surface area contributed by atoms with Crippen molar-refractivity contribution in [2.45, 2.75) is 37.9 Å². The summed E-state index contributed by atoms with van der Waals surface area (Å²) in [6, 6.07) is 5.63. The van der Waals surface area contributed by atoms with Crippen LogP contribution in [-0.2, 0) is 23.9 Å². The molecule has 4 rings (SSSR count). The molecule has 2 aliphatic heterocycles. The molecule has 2 aromatic rings. The van der Waals surface area contributed by atoms with Crippen LogP contribution in [0.3, 0.4) is 0 Å². The zero-order chi connectivity index (χ0) is 19.9. The lowest BCUT2D eigenvalue weighted by Crippen LogP contribution is -2.39. The minimum absolute atomic E-state index is 0.0995. The van der Waals surface area contributed by atoms with Crippen molar-refractivity contribution in [2.24, 2.45) is 0 Å². The smallest absolute Gasteiger partial charge is 0.350 e. The van der Waals surface area contributed by atoms with E-state index in [1.54, 1.807) is 11.0 Å². The van der Waals surface area contributed by atoms with Crippen LogP contribution in [0.15, 0.2) is 24.3 Å². The van der Waals surface area contributed by atoms with Crippen molar-refractivity contribution in [3.8, 4) is 0 Å². The first-order valence-electron chi connectivity index (χ1n) is 9.13. The van der Waals surface area contributed by atoms with Gasteiger partial charge in [0.05, 0.1) is 24.2 Å². The van der Waals surface area contributed by atoms with Crippen LogP contribution in [0.25, 0.3) is 0 Å². The maximum Gasteiger partial charge on any atom is 0.416 e. The maximum absolute atomic E-state index is 13.3. The number of nitrogens with zero attached hydrogens (tertiary/aromatic N) is 2. The molecule has 1 fully saturated rings. The lowest BCUT2D eigenvalue weighted by atomic mass is 9.86. The molecule has 3 heterocycles. The number of hydrogen-bond donors (Lipinski definition) is 2. The standard InChI is InChI=1S/C19H19F3N4O2/c20-19(21,22)14-4-2-1-3-12(14)11-5-7-26(8-6-11)18(28)17-13-9-16(27)23-10-15(13)24-25-17/h1-4,11H,5-10H2,(H,23,27)(H,24,25). The number of halogens is 3. The molecule has 0 spiro atoms. The second-order valence-corrected chi connectivity index (χ2v) is 7.13. The van der Waals surface area contributed by atoms with Gasteiger partial charge in [-0.05, 0) is 30.4 Å². The molecule has 1 saturated heterocycles. The maximum atomic E-state index is 13.3. The van der Waals surface area contributed by atoms with Crippen LogP contribution in [0.5, 0.6) is 0 Å². The highest BCUT2D eigenvalue weighted by Crippen LogP contribution is 2.38. The molecule has 0 radical (unpaired) electrons. The Hall–Kier alpha value is -2.84. The first-order chi connectivity index (χ1) is 13.3. The van der Waals surface area contributed by atoms with Crippen LogP contribution in [0, 0.1) is 0 Å². The normalized spacial score (nSPS) is 18.0. The molecule has 2 N–H and O–H groups in total. The lowest BCUT2D eigenvalue weighted by molar-refractivity contribution is -0.138. The second kappa shape index (κ2) is 6.96. The van der Waals surface area contributed by atoms with E-state index in [9.17, 15) is 22.8 Å². The molecule has 0 atom stereocenters. The number of piperidine rings is 1. The summed E-state index contributed by atoms with van der Waals surface area (Å²) in [6.07, 6.45) is -3.39. The average molecular weight is 392 g/mol. The number of nitrogens with one attached hydrogen (secondary N) is 2. The Morgan fingerprint density at radius 3 is 2.61 bits per heavy atom. The van der Waals surface area contributed by atoms with E-state index in [4.69, 9.17) is 0 Å². The van der Waals surface area contributed by atoms with E-state index < -0.39 is 11.7 Å². The summed E-state index contributed by atoms with van der Waals surface area (Å²) in [7, 11) is 0. The predicted molar refractivity (Wildman–Crippen MR) is 93.5 cm³/mol. The predicted octanol–water partition coefficient (Wildman–Crippen LogP) is 2.62. The summed E-state index contributed by atoms with van der Waals surface area (Å²) in [4.78, 5) is 26.1. The van der Waals surface area contributed by atoms with Gasteiger partial charge in [-0.1, -0.05) is 18.2 Å². The quantitative estimate of drug-likeness (QED) is 0.825. The van der Waals surface area contributed by atoms with Gasteiger partial charge in [-0.3, -0.25) is 14.7 Å². The Bertz CT molecular complexity index is 914. The molecule has 0 aliphatic carbocycles. The molecule has 148 valence electrons. The van der Waals surface area contributed by atoms with Crippen molar-refractivity contribution in [3.05, 3.63) is 52.3 Å². The number of hydrogen-bond acceptors (Lipinski definition) is 3. The first-order valence-corrected chi connectivity index (χ1v) is 9.13. The number of H-pyrrole nitrogens is 1. The number of amides is 2. The van der Waals surface area contributed by atoms with Crippen LogP contribution in [0.1, 0.15) is 51.6 Å². The number of benzene rings is 1. The van der Waals surface area contributed by atoms with Gasteiger partial charge in [-0.25, -0.2) is 0 Å². The van der Waals surface area contributed by atoms with E-state index in [-0.39, 0.29) is 35.4 Å². The van der Waals surface area contributed by atoms with Crippen molar-refractivity contribution >= 4 is 11.8 Å². The number of aromatic amines is 1. The summed E-state index contributed by atoms with van der Waals surface area (Å²) in [5.41, 5.74) is 1.25. The summed E-state index contributed by atoms with van der Waals surface area (Å²) in [6.45, 7) is 1.01. The Kier molecular flexibility index (Phi) is 4.60. The fourth-order valence-corrected chi connectivity index (χ4v) is 3.98. The van der Waals surface area contributed by atoms with E-state index in [2.05, 4.69) is 15.5 Å². The Morgan fingerprint density at radius 2 is 1.89 bits per heavy atom. The summed E-state index contributed by atoms with van der Waals surface area (Å²) in [5.74, 6) is -0.694. The Morgan fingerprint density at radius 1 is 1.18 bits per heavy atom. The van der Waals surface area contributed by atoms with E-state index in [1.807, 2.05) is 0 Å². The SMILES string of the molecule is O=C1Cc2c(C(=O)N3CCC(c4ccccc4C(F)(F)F)CC3)n[nH]c2CN1. The molecule has 1 aromatic heterocycles. The van der Waals surface area contributed by atoms with Crippen LogP contribution in [-0.4, -0.2) is 40.0 Å². The van der Waals surface area contributed by atoms with Crippen LogP contribution in [0.4, 0.5) is 13.2 Å². The third kappa shape index (κ3) is 3.36. The van der Waals surface area contributed by atoms with E-state index in [0.29, 0.717) is 38.0 Å². The summed E-state index contributed by atoms with van der Waals surface area (Å²) >= 11 is 0. The number of likely N-dealkylation sites (tertiary alicyclic amines) is 1. The van der Waals surface area contributed by atoms with Crippen molar-refractivity contribution in [1.82, 2.24) is 20.4 Å². The van der Waals surface area contributed by atoms with E-state index in [1.165, 1.54) is 12.1 Å². The second-order valence-electron chi connectivity index (χ2n) is 7.13. The van der Waals surface area contributed by atoms with Gasteiger partial charge in [-0.15, -0.1) is 0 Å². The highest BCUT2D eigenvalue weighted by atomic mass is 19.4. The van der Waals surface area contributed by atoms with E-state index in [0.717, 1.165) is 11.8 Å². The highest BCUT2D eigenvalue weighted by Gasteiger charge is 2.36. The van der Waals surface area contributed by atoms with Crippen LogP contribution in [0.2, 0.25) is 0 Å². The monoisotopic (exact) mass is 392 g/mol. The zero-order valence-corrected chi connectivity index (χ0v) is 15.0. The summed E-state index contributed by atoms with van der Waals surface area (Å²) in [5, 5.41) is 9.55. The zero-order valence-electron chi connectivity index (χ0n) is 15.0. The molecule has 2 amide bonds. The molecule has 2 aliphatic rings. The third-order valence-electron chi connectivity index (χ3n) is 5.44.